The minimum Gasteiger partial charge on any atom is -0.493 e. The lowest BCUT2D eigenvalue weighted by molar-refractivity contribution is -0.147. The Labute approximate surface area is 195 Å². The Bertz CT molecular complexity index is 938. The van der Waals surface area contributed by atoms with Gasteiger partial charge in [0.05, 0.1) is 24.7 Å². The number of benzene rings is 2. The van der Waals surface area contributed by atoms with Crippen LogP contribution < -0.4 is 14.2 Å². The molecule has 2 unspecified atom stereocenters. The minimum atomic E-state index is -1.15. The molecular formula is C27H34O6. The van der Waals surface area contributed by atoms with Gasteiger partial charge in [0.15, 0.2) is 5.78 Å². The van der Waals surface area contributed by atoms with Gasteiger partial charge in [-0.15, -0.1) is 0 Å². The molecule has 0 fully saturated rings. The number of ketones is 1. The fraction of sp³-hybridized carbons (Fsp3) is 0.481. The smallest absolute Gasteiger partial charge is 0.345 e. The zero-order valence-electron chi connectivity index (χ0n) is 19.5. The van der Waals surface area contributed by atoms with E-state index in [2.05, 4.69) is 13.0 Å². The number of ether oxygens (including phenoxy) is 3. The molecule has 0 radical (unpaired) electrons. The molecule has 1 N–H and O–H groups in total. The van der Waals surface area contributed by atoms with Crippen molar-refractivity contribution in [3.63, 3.8) is 0 Å². The number of unbranched alkanes of at least 4 members (excludes halogenated alkanes) is 2. The summed E-state index contributed by atoms with van der Waals surface area (Å²) in [5.74, 6) is -0.0976. The zero-order chi connectivity index (χ0) is 23.6. The third-order valence-electron chi connectivity index (χ3n) is 5.82. The van der Waals surface area contributed by atoms with Crippen molar-refractivity contribution < 1.29 is 28.9 Å². The van der Waals surface area contributed by atoms with E-state index >= 15 is 0 Å². The van der Waals surface area contributed by atoms with Crippen molar-refractivity contribution >= 4 is 11.8 Å². The number of aliphatic carboxylic acids is 1. The van der Waals surface area contributed by atoms with Gasteiger partial charge in [0.2, 0.25) is 6.10 Å². The van der Waals surface area contributed by atoms with Gasteiger partial charge >= 0.3 is 5.97 Å². The summed E-state index contributed by atoms with van der Waals surface area (Å²) in [6.45, 7) is 5.29. The largest absolute Gasteiger partial charge is 0.493 e. The summed E-state index contributed by atoms with van der Waals surface area (Å²) >= 11 is 0. The Morgan fingerprint density at radius 2 is 1.76 bits per heavy atom. The van der Waals surface area contributed by atoms with E-state index in [0.717, 1.165) is 44.3 Å². The highest BCUT2D eigenvalue weighted by Gasteiger charge is 2.41. The summed E-state index contributed by atoms with van der Waals surface area (Å²) < 4.78 is 17.4. The molecule has 3 rings (SSSR count). The topological polar surface area (TPSA) is 82.1 Å². The number of Topliss-reactive ketones (excluding diaryl/α,β-unsaturated/α-hetero) is 1. The van der Waals surface area contributed by atoms with Crippen molar-refractivity contribution in [3.05, 3.63) is 53.6 Å². The second-order valence-electron chi connectivity index (χ2n) is 8.41. The molecule has 0 spiro atoms. The molecule has 1 aliphatic heterocycles. The standard InChI is InChI=1S/C27H34O6/c1-3-10-19-12-6-7-13-23(19)32-17-9-5-8-16-31-20-14-15-21-24(18-20)33-26(27(29)30)22(11-4-2)25(21)28/h6-7,12-15,18,22,26H,3-5,8-11,16-17H2,1-2H3,(H,29,30). The Morgan fingerprint density at radius 1 is 1.00 bits per heavy atom. The molecule has 1 aliphatic rings. The van der Waals surface area contributed by atoms with Crippen LogP contribution in [0.15, 0.2) is 42.5 Å². The molecular weight excluding hydrogens is 420 g/mol. The lowest BCUT2D eigenvalue weighted by Gasteiger charge is -2.30. The molecule has 2 aromatic rings. The summed E-state index contributed by atoms with van der Waals surface area (Å²) in [5.41, 5.74) is 1.68. The van der Waals surface area contributed by atoms with Gasteiger partial charge < -0.3 is 19.3 Å². The average molecular weight is 455 g/mol. The Morgan fingerprint density at radius 3 is 2.48 bits per heavy atom. The molecule has 178 valence electrons. The van der Waals surface area contributed by atoms with Crippen molar-refractivity contribution in [3.8, 4) is 17.2 Å². The van der Waals surface area contributed by atoms with E-state index in [0.29, 0.717) is 30.9 Å². The first-order valence-electron chi connectivity index (χ1n) is 12.0. The fourth-order valence-corrected chi connectivity index (χ4v) is 4.14. The third kappa shape index (κ3) is 6.50. The first-order valence-corrected chi connectivity index (χ1v) is 12.0. The van der Waals surface area contributed by atoms with Gasteiger partial charge in [0, 0.05) is 6.07 Å². The number of fused-ring (bicyclic) bond motifs is 1. The van der Waals surface area contributed by atoms with Gasteiger partial charge in [0.1, 0.15) is 17.2 Å². The van der Waals surface area contributed by atoms with Crippen LogP contribution in [0.5, 0.6) is 17.2 Å². The summed E-state index contributed by atoms with van der Waals surface area (Å²) in [6.07, 6.45) is 4.94. The fourth-order valence-electron chi connectivity index (χ4n) is 4.14. The van der Waals surface area contributed by atoms with E-state index in [1.165, 1.54) is 5.56 Å². The lowest BCUT2D eigenvalue weighted by atomic mass is 9.86. The molecule has 33 heavy (non-hydrogen) atoms. The van der Waals surface area contributed by atoms with Gasteiger partial charge in [-0.25, -0.2) is 4.79 Å². The maximum Gasteiger partial charge on any atom is 0.345 e. The SMILES string of the molecule is CCCc1ccccc1OCCCCCOc1ccc2c(c1)OC(C(=O)O)C(CCC)C2=O. The third-order valence-corrected chi connectivity index (χ3v) is 5.82. The molecule has 0 amide bonds. The highest BCUT2D eigenvalue weighted by atomic mass is 16.5. The van der Waals surface area contributed by atoms with Gasteiger partial charge in [-0.1, -0.05) is 44.9 Å². The van der Waals surface area contributed by atoms with Gasteiger partial charge in [-0.3, -0.25) is 4.79 Å². The van der Waals surface area contributed by atoms with Crippen molar-refractivity contribution in [2.45, 2.75) is 64.9 Å². The number of carboxylic acids is 1. The lowest BCUT2D eigenvalue weighted by Crippen LogP contribution is -2.43. The van der Waals surface area contributed by atoms with Crippen LogP contribution >= 0.6 is 0 Å². The van der Waals surface area contributed by atoms with Crippen LogP contribution in [-0.2, 0) is 11.2 Å². The van der Waals surface area contributed by atoms with Crippen molar-refractivity contribution in [2.24, 2.45) is 5.92 Å². The van der Waals surface area contributed by atoms with E-state index in [1.807, 2.05) is 25.1 Å². The number of hydrogen-bond acceptors (Lipinski definition) is 5. The number of aryl methyl sites for hydroxylation is 1. The second-order valence-corrected chi connectivity index (χ2v) is 8.41. The number of carbonyl (C=O) groups is 2. The predicted octanol–water partition coefficient (Wildman–Crippen LogP) is 5.71. The molecule has 0 aromatic heterocycles. The van der Waals surface area contributed by atoms with Crippen molar-refractivity contribution in [1.82, 2.24) is 0 Å². The van der Waals surface area contributed by atoms with Crippen molar-refractivity contribution in [1.29, 1.82) is 0 Å². The van der Waals surface area contributed by atoms with Crippen LogP contribution in [0.4, 0.5) is 0 Å². The maximum atomic E-state index is 12.8. The highest BCUT2D eigenvalue weighted by molar-refractivity contribution is 6.04. The normalized spacial score (nSPS) is 17.2. The molecule has 0 bridgehead atoms. The molecule has 6 nitrogen and oxygen atoms in total. The highest BCUT2D eigenvalue weighted by Crippen LogP contribution is 2.35. The number of rotatable bonds is 13. The van der Waals surface area contributed by atoms with Crippen LogP contribution in [0.1, 0.15) is 68.3 Å². The average Bonchev–Trinajstić information content (AvgIpc) is 2.81. The summed E-state index contributed by atoms with van der Waals surface area (Å²) in [4.78, 5) is 24.4. The van der Waals surface area contributed by atoms with E-state index in [-0.39, 0.29) is 11.5 Å². The van der Waals surface area contributed by atoms with Crippen LogP contribution in [-0.4, -0.2) is 36.2 Å². The summed E-state index contributed by atoms with van der Waals surface area (Å²) in [5, 5.41) is 9.49. The summed E-state index contributed by atoms with van der Waals surface area (Å²) in [6, 6.07) is 13.2. The molecule has 0 saturated heterocycles. The van der Waals surface area contributed by atoms with Crippen LogP contribution in [0, 0.1) is 5.92 Å². The van der Waals surface area contributed by atoms with Gasteiger partial charge in [-0.05, 0) is 55.9 Å². The first kappa shape index (κ1) is 24.6. The second kappa shape index (κ2) is 12.3. The Kier molecular flexibility index (Phi) is 9.16. The zero-order valence-corrected chi connectivity index (χ0v) is 19.5. The number of hydrogen-bond donors (Lipinski definition) is 1. The number of carbonyl (C=O) groups excluding carboxylic acids is 1. The Hall–Kier alpha value is -3.02. The Balaban J connectivity index is 1.44. The first-order chi connectivity index (χ1) is 16.0. The minimum absolute atomic E-state index is 0.169. The monoisotopic (exact) mass is 454 g/mol. The van der Waals surface area contributed by atoms with E-state index in [4.69, 9.17) is 14.2 Å². The molecule has 0 aliphatic carbocycles. The molecule has 2 atom stereocenters. The molecule has 0 saturated carbocycles. The quantitative estimate of drug-likeness (QED) is 0.390. The molecule has 2 aromatic carbocycles. The van der Waals surface area contributed by atoms with Gasteiger partial charge in [0.25, 0.3) is 0 Å². The van der Waals surface area contributed by atoms with Crippen LogP contribution in [0.3, 0.4) is 0 Å². The van der Waals surface area contributed by atoms with E-state index < -0.39 is 18.0 Å². The maximum absolute atomic E-state index is 12.8. The van der Waals surface area contributed by atoms with E-state index in [9.17, 15) is 14.7 Å². The van der Waals surface area contributed by atoms with Crippen molar-refractivity contribution in [2.75, 3.05) is 13.2 Å². The van der Waals surface area contributed by atoms with Crippen LogP contribution in [0.25, 0.3) is 0 Å². The predicted molar refractivity (Wildman–Crippen MR) is 127 cm³/mol. The van der Waals surface area contributed by atoms with Crippen LogP contribution in [0.2, 0.25) is 0 Å². The number of carboxylic acid groups (broad SMARTS) is 1. The molecule has 6 heteroatoms. The molecule has 1 heterocycles. The summed E-state index contributed by atoms with van der Waals surface area (Å²) in [7, 11) is 0. The van der Waals surface area contributed by atoms with E-state index in [1.54, 1.807) is 18.2 Å². The number of para-hydroxylation sites is 1. The van der Waals surface area contributed by atoms with Gasteiger partial charge in [-0.2, -0.15) is 0 Å².